The van der Waals surface area contributed by atoms with E-state index in [-0.39, 0.29) is 0 Å². The van der Waals surface area contributed by atoms with Crippen LogP contribution in [0.25, 0.3) is 0 Å². The highest BCUT2D eigenvalue weighted by molar-refractivity contribution is 4.96. The van der Waals surface area contributed by atoms with Gasteiger partial charge in [0.2, 0.25) is 0 Å². The lowest BCUT2D eigenvalue weighted by Gasteiger charge is -2.26. The molecule has 1 fully saturated rings. The molecular weight excluding hydrogens is 164 g/mol. The van der Waals surface area contributed by atoms with Gasteiger partial charge in [-0.3, -0.25) is 4.90 Å². The van der Waals surface area contributed by atoms with Crippen molar-refractivity contribution in [1.29, 1.82) is 0 Å². The molecule has 0 radical (unpaired) electrons. The fourth-order valence-corrected chi connectivity index (χ4v) is 1.65. The van der Waals surface area contributed by atoms with Crippen molar-refractivity contribution in [2.45, 2.75) is 6.54 Å². The summed E-state index contributed by atoms with van der Waals surface area (Å²) in [5.74, 6) is 0. The molecule has 4 nitrogen and oxygen atoms in total. The second-order valence-electron chi connectivity index (χ2n) is 3.56. The minimum Gasteiger partial charge on any atom is -0.340 e. The van der Waals surface area contributed by atoms with Gasteiger partial charge in [0.05, 0.1) is 12.0 Å². The van der Waals surface area contributed by atoms with E-state index < -0.39 is 0 Å². The number of nitrogens with one attached hydrogen (secondary N) is 1. The lowest BCUT2D eigenvalue weighted by atomic mass is 10.3. The summed E-state index contributed by atoms with van der Waals surface area (Å²) < 4.78 is 2.00. The fraction of sp³-hybridized carbons (Fsp3) is 0.667. The molecule has 0 amide bonds. The molecule has 1 aliphatic rings. The first-order valence-electron chi connectivity index (χ1n) is 4.74. The predicted octanol–water partition coefficient (Wildman–Crippen LogP) is -0.175. The Bertz CT molecular complexity index is 262. The van der Waals surface area contributed by atoms with Crippen molar-refractivity contribution >= 4 is 0 Å². The first-order chi connectivity index (χ1) is 6.34. The maximum Gasteiger partial charge on any atom is 0.0947 e. The fourth-order valence-electron chi connectivity index (χ4n) is 1.65. The number of aromatic nitrogens is 2. The van der Waals surface area contributed by atoms with Gasteiger partial charge in [-0.2, -0.15) is 0 Å². The zero-order valence-corrected chi connectivity index (χ0v) is 8.03. The number of imidazole rings is 1. The summed E-state index contributed by atoms with van der Waals surface area (Å²) in [6.45, 7) is 5.47. The number of hydrogen-bond acceptors (Lipinski definition) is 3. The molecule has 2 rings (SSSR count). The summed E-state index contributed by atoms with van der Waals surface area (Å²) in [7, 11) is 2.01. The van der Waals surface area contributed by atoms with E-state index in [2.05, 4.69) is 21.4 Å². The Balaban J connectivity index is 1.89. The SMILES string of the molecule is Cn1cnc(CN2CCNCC2)c1. The molecule has 0 saturated carbocycles. The van der Waals surface area contributed by atoms with Crippen LogP contribution in [-0.4, -0.2) is 40.6 Å². The van der Waals surface area contributed by atoms with Gasteiger partial charge >= 0.3 is 0 Å². The predicted molar refractivity (Wildman–Crippen MR) is 51.4 cm³/mol. The average molecular weight is 180 g/mol. The van der Waals surface area contributed by atoms with Crippen molar-refractivity contribution in [3.8, 4) is 0 Å². The lowest BCUT2D eigenvalue weighted by Crippen LogP contribution is -2.42. The number of aryl methyl sites for hydroxylation is 1. The van der Waals surface area contributed by atoms with Crippen LogP contribution in [-0.2, 0) is 13.6 Å². The molecule has 0 atom stereocenters. The third kappa shape index (κ3) is 2.29. The van der Waals surface area contributed by atoms with Crippen molar-refractivity contribution in [1.82, 2.24) is 19.8 Å². The quantitative estimate of drug-likeness (QED) is 0.685. The largest absolute Gasteiger partial charge is 0.340 e. The monoisotopic (exact) mass is 180 g/mol. The van der Waals surface area contributed by atoms with Crippen molar-refractivity contribution in [3.63, 3.8) is 0 Å². The van der Waals surface area contributed by atoms with E-state index in [9.17, 15) is 0 Å². The van der Waals surface area contributed by atoms with Gasteiger partial charge in [0.25, 0.3) is 0 Å². The molecule has 72 valence electrons. The number of piperazine rings is 1. The Labute approximate surface area is 78.6 Å². The Kier molecular flexibility index (Phi) is 2.61. The summed E-state index contributed by atoms with van der Waals surface area (Å²) in [6, 6.07) is 0. The molecule has 1 aromatic heterocycles. The van der Waals surface area contributed by atoms with Gasteiger partial charge in [-0.15, -0.1) is 0 Å². The topological polar surface area (TPSA) is 33.1 Å². The van der Waals surface area contributed by atoms with Crippen LogP contribution in [0, 0.1) is 0 Å². The Morgan fingerprint density at radius 1 is 1.46 bits per heavy atom. The van der Waals surface area contributed by atoms with E-state index in [1.165, 1.54) is 5.69 Å². The van der Waals surface area contributed by atoms with Gasteiger partial charge in [-0.1, -0.05) is 0 Å². The second kappa shape index (κ2) is 3.89. The van der Waals surface area contributed by atoms with E-state index in [4.69, 9.17) is 0 Å². The summed E-state index contributed by atoms with van der Waals surface area (Å²) in [5, 5.41) is 3.34. The minimum absolute atomic E-state index is 0.989. The summed E-state index contributed by atoms with van der Waals surface area (Å²) in [5.41, 5.74) is 1.17. The van der Waals surface area contributed by atoms with Crippen molar-refractivity contribution in [2.75, 3.05) is 26.2 Å². The van der Waals surface area contributed by atoms with Crippen LogP contribution in [0.2, 0.25) is 0 Å². The van der Waals surface area contributed by atoms with Crippen LogP contribution < -0.4 is 5.32 Å². The van der Waals surface area contributed by atoms with Gasteiger partial charge in [0, 0.05) is 46.0 Å². The first kappa shape index (κ1) is 8.72. The van der Waals surface area contributed by atoms with Crippen LogP contribution in [0.4, 0.5) is 0 Å². The maximum atomic E-state index is 4.31. The van der Waals surface area contributed by atoms with Crippen LogP contribution in [0.1, 0.15) is 5.69 Å². The maximum absolute atomic E-state index is 4.31. The van der Waals surface area contributed by atoms with Gasteiger partial charge in [0.1, 0.15) is 0 Å². The van der Waals surface area contributed by atoms with Crippen molar-refractivity contribution < 1.29 is 0 Å². The molecule has 0 bridgehead atoms. The first-order valence-corrected chi connectivity index (χ1v) is 4.74. The highest BCUT2D eigenvalue weighted by atomic mass is 15.2. The van der Waals surface area contributed by atoms with Crippen LogP contribution in [0.15, 0.2) is 12.5 Å². The summed E-state index contributed by atoms with van der Waals surface area (Å²) in [4.78, 5) is 6.74. The lowest BCUT2D eigenvalue weighted by molar-refractivity contribution is 0.231. The van der Waals surface area contributed by atoms with Gasteiger partial charge in [0.15, 0.2) is 0 Å². The number of hydrogen-bond donors (Lipinski definition) is 1. The van der Waals surface area contributed by atoms with Crippen LogP contribution in [0.3, 0.4) is 0 Å². The molecule has 2 heterocycles. The van der Waals surface area contributed by atoms with Crippen LogP contribution >= 0.6 is 0 Å². The van der Waals surface area contributed by atoms with Crippen LogP contribution in [0.5, 0.6) is 0 Å². The van der Waals surface area contributed by atoms with E-state index in [1.807, 2.05) is 17.9 Å². The summed E-state index contributed by atoms with van der Waals surface area (Å²) in [6.07, 6.45) is 3.94. The molecule has 1 aliphatic heterocycles. The van der Waals surface area contributed by atoms with Crippen molar-refractivity contribution in [2.24, 2.45) is 7.05 Å². The van der Waals surface area contributed by atoms with Crippen molar-refractivity contribution in [3.05, 3.63) is 18.2 Å². The zero-order chi connectivity index (χ0) is 9.10. The molecule has 0 aliphatic carbocycles. The molecule has 1 saturated heterocycles. The Morgan fingerprint density at radius 2 is 2.23 bits per heavy atom. The smallest absolute Gasteiger partial charge is 0.0947 e. The highest BCUT2D eigenvalue weighted by Gasteiger charge is 2.10. The molecule has 1 aromatic rings. The molecule has 0 unspecified atom stereocenters. The highest BCUT2D eigenvalue weighted by Crippen LogP contribution is 2.01. The molecule has 1 N–H and O–H groups in total. The van der Waals surface area contributed by atoms with E-state index in [1.54, 1.807) is 0 Å². The molecule has 4 heteroatoms. The van der Waals surface area contributed by atoms with Gasteiger partial charge < -0.3 is 9.88 Å². The Morgan fingerprint density at radius 3 is 2.85 bits per heavy atom. The second-order valence-corrected chi connectivity index (χ2v) is 3.56. The molecule has 0 spiro atoms. The normalized spacial score (nSPS) is 19.2. The third-order valence-corrected chi connectivity index (χ3v) is 2.35. The standard InChI is InChI=1S/C9H16N4/c1-12-6-9(11-8-12)7-13-4-2-10-3-5-13/h6,8,10H,2-5,7H2,1H3. The average Bonchev–Trinajstić information content (AvgIpc) is 2.53. The Hall–Kier alpha value is -0.870. The van der Waals surface area contributed by atoms with E-state index >= 15 is 0 Å². The molecular formula is C9H16N4. The van der Waals surface area contributed by atoms with Gasteiger partial charge in [-0.05, 0) is 0 Å². The zero-order valence-electron chi connectivity index (χ0n) is 8.03. The minimum atomic E-state index is 0.989. The van der Waals surface area contributed by atoms with E-state index in [0.717, 1.165) is 32.7 Å². The van der Waals surface area contributed by atoms with Gasteiger partial charge in [-0.25, -0.2) is 4.98 Å². The third-order valence-electron chi connectivity index (χ3n) is 2.35. The summed E-state index contributed by atoms with van der Waals surface area (Å²) >= 11 is 0. The number of rotatable bonds is 2. The van der Waals surface area contributed by atoms with E-state index in [0.29, 0.717) is 0 Å². The molecule has 13 heavy (non-hydrogen) atoms. The number of nitrogens with zero attached hydrogens (tertiary/aromatic N) is 3. The molecule has 0 aromatic carbocycles.